The number of nitrogens with one attached hydrogen (secondary N) is 1. The molecule has 0 radical (unpaired) electrons. The van der Waals surface area contributed by atoms with E-state index in [-0.39, 0.29) is 11.8 Å². The molecule has 0 saturated carbocycles. The zero-order valence-corrected chi connectivity index (χ0v) is 10.5. The molecule has 2 N–H and O–H groups in total. The minimum atomic E-state index is -0.586. The van der Waals surface area contributed by atoms with E-state index in [4.69, 9.17) is 9.84 Å². The standard InChI is InChI=1S/C13H20FNO2/c1-9(2)12(8-17-3)15-7-10-4-5-13(16)11(14)6-10/h4-6,9,12,15-16H,7-8H2,1-3H3. The van der Waals surface area contributed by atoms with Gasteiger partial charge in [-0.15, -0.1) is 0 Å². The second-order valence-electron chi connectivity index (χ2n) is 4.47. The molecule has 4 heteroatoms. The fourth-order valence-electron chi connectivity index (χ4n) is 1.58. The van der Waals surface area contributed by atoms with E-state index in [9.17, 15) is 4.39 Å². The molecule has 0 spiro atoms. The number of methoxy groups -OCH3 is 1. The molecule has 0 aliphatic rings. The summed E-state index contributed by atoms with van der Waals surface area (Å²) in [5.74, 6) is -0.458. The summed E-state index contributed by atoms with van der Waals surface area (Å²) in [6.07, 6.45) is 0. The van der Waals surface area contributed by atoms with Gasteiger partial charge in [-0.05, 0) is 23.6 Å². The first-order valence-corrected chi connectivity index (χ1v) is 5.74. The van der Waals surface area contributed by atoms with Gasteiger partial charge in [0.25, 0.3) is 0 Å². The largest absolute Gasteiger partial charge is 0.505 e. The predicted octanol–water partition coefficient (Wildman–Crippen LogP) is 2.29. The second kappa shape index (κ2) is 6.57. The van der Waals surface area contributed by atoms with Crippen molar-refractivity contribution in [3.63, 3.8) is 0 Å². The van der Waals surface area contributed by atoms with Crippen LogP contribution in [0.25, 0.3) is 0 Å². The van der Waals surface area contributed by atoms with Crippen molar-refractivity contribution in [1.29, 1.82) is 0 Å². The summed E-state index contributed by atoms with van der Waals surface area (Å²) in [4.78, 5) is 0. The number of rotatable bonds is 6. The van der Waals surface area contributed by atoms with E-state index in [0.717, 1.165) is 5.56 Å². The molecule has 0 aliphatic carbocycles. The molecule has 3 nitrogen and oxygen atoms in total. The average Bonchev–Trinajstić information content (AvgIpc) is 2.28. The van der Waals surface area contributed by atoms with Gasteiger partial charge in [0, 0.05) is 19.7 Å². The van der Waals surface area contributed by atoms with E-state index < -0.39 is 5.82 Å². The molecule has 0 amide bonds. The van der Waals surface area contributed by atoms with E-state index in [2.05, 4.69) is 19.2 Å². The summed E-state index contributed by atoms with van der Waals surface area (Å²) in [6, 6.07) is 4.65. The molecule has 0 aromatic heterocycles. The van der Waals surface area contributed by atoms with Crippen LogP contribution in [0.3, 0.4) is 0 Å². The fraction of sp³-hybridized carbons (Fsp3) is 0.538. The Kier molecular flexibility index (Phi) is 5.38. The molecule has 0 heterocycles. The van der Waals surface area contributed by atoms with Crippen molar-refractivity contribution < 1.29 is 14.2 Å². The smallest absolute Gasteiger partial charge is 0.165 e. The highest BCUT2D eigenvalue weighted by Gasteiger charge is 2.12. The summed E-state index contributed by atoms with van der Waals surface area (Å²) >= 11 is 0. The molecule has 1 rings (SSSR count). The zero-order chi connectivity index (χ0) is 12.8. The Labute approximate surface area is 102 Å². The minimum absolute atomic E-state index is 0.233. The molecule has 1 atom stereocenters. The van der Waals surface area contributed by atoms with Gasteiger partial charge >= 0.3 is 0 Å². The Bertz CT molecular complexity index is 355. The average molecular weight is 241 g/mol. The van der Waals surface area contributed by atoms with Crippen molar-refractivity contribution >= 4 is 0 Å². The van der Waals surface area contributed by atoms with Crippen LogP contribution in [0.15, 0.2) is 18.2 Å². The van der Waals surface area contributed by atoms with Crippen molar-refractivity contribution in [3.8, 4) is 5.75 Å². The van der Waals surface area contributed by atoms with Crippen LogP contribution in [0.2, 0.25) is 0 Å². The third-order valence-corrected chi connectivity index (χ3v) is 2.73. The minimum Gasteiger partial charge on any atom is -0.505 e. The quantitative estimate of drug-likeness (QED) is 0.803. The van der Waals surface area contributed by atoms with Gasteiger partial charge in [0.1, 0.15) is 0 Å². The molecule has 17 heavy (non-hydrogen) atoms. The van der Waals surface area contributed by atoms with Gasteiger partial charge in [-0.25, -0.2) is 4.39 Å². The molecule has 1 unspecified atom stereocenters. The Hall–Kier alpha value is -1.13. The SMILES string of the molecule is COCC(NCc1ccc(O)c(F)c1)C(C)C. The number of phenols is 1. The normalized spacial score (nSPS) is 13.0. The van der Waals surface area contributed by atoms with Crippen LogP contribution >= 0.6 is 0 Å². The Morgan fingerprint density at radius 1 is 1.41 bits per heavy atom. The second-order valence-corrected chi connectivity index (χ2v) is 4.47. The maximum absolute atomic E-state index is 13.1. The van der Waals surface area contributed by atoms with Gasteiger partial charge in [0.15, 0.2) is 11.6 Å². The lowest BCUT2D eigenvalue weighted by atomic mass is 10.0. The zero-order valence-electron chi connectivity index (χ0n) is 10.5. The maximum Gasteiger partial charge on any atom is 0.165 e. The topological polar surface area (TPSA) is 41.5 Å². The van der Waals surface area contributed by atoms with Crippen LogP contribution in [-0.2, 0) is 11.3 Å². The lowest BCUT2D eigenvalue weighted by molar-refractivity contribution is 0.146. The monoisotopic (exact) mass is 241 g/mol. The van der Waals surface area contributed by atoms with Gasteiger partial charge in [0.2, 0.25) is 0 Å². The van der Waals surface area contributed by atoms with Crippen molar-refractivity contribution in [2.75, 3.05) is 13.7 Å². The lowest BCUT2D eigenvalue weighted by Gasteiger charge is -2.21. The molecule has 0 aliphatic heterocycles. The first kappa shape index (κ1) is 13.9. The van der Waals surface area contributed by atoms with E-state index in [0.29, 0.717) is 19.1 Å². The third-order valence-electron chi connectivity index (χ3n) is 2.73. The molecular weight excluding hydrogens is 221 g/mol. The van der Waals surface area contributed by atoms with Crippen molar-refractivity contribution in [2.24, 2.45) is 5.92 Å². The first-order valence-electron chi connectivity index (χ1n) is 5.74. The van der Waals surface area contributed by atoms with Crippen molar-refractivity contribution in [3.05, 3.63) is 29.6 Å². The van der Waals surface area contributed by atoms with Gasteiger partial charge in [-0.1, -0.05) is 19.9 Å². The summed E-state index contributed by atoms with van der Waals surface area (Å²) < 4.78 is 18.2. The van der Waals surface area contributed by atoms with Crippen LogP contribution in [0, 0.1) is 11.7 Å². The number of hydrogen-bond donors (Lipinski definition) is 2. The molecule has 0 saturated heterocycles. The van der Waals surface area contributed by atoms with Crippen LogP contribution in [0.5, 0.6) is 5.75 Å². The highest BCUT2D eigenvalue weighted by molar-refractivity contribution is 5.27. The summed E-state index contributed by atoms with van der Waals surface area (Å²) in [5, 5.41) is 12.4. The number of hydrogen-bond acceptors (Lipinski definition) is 3. The molecule has 1 aromatic carbocycles. The van der Waals surface area contributed by atoms with Crippen molar-refractivity contribution in [2.45, 2.75) is 26.4 Å². The first-order chi connectivity index (χ1) is 8.04. The number of aromatic hydroxyl groups is 1. The van der Waals surface area contributed by atoms with Gasteiger partial charge in [-0.2, -0.15) is 0 Å². The summed E-state index contributed by atoms with van der Waals surface area (Å²) in [7, 11) is 1.66. The lowest BCUT2D eigenvalue weighted by Crippen LogP contribution is -2.37. The number of phenolic OH excluding ortho intramolecular Hbond substituents is 1. The molecule has 1 aromatic rings. The van der Waals surface area contributed by atoms with Crippen molar-refractivity contribution in [1.82, 2.24) is 5.32 Å². The van der Waals surface area contributed by atoms with Gasteiger partial charge in [0.05, 0.1) is 6.61 Å². The predicted molar refractivity (Wildman–Crippen MR) is 65.4 cm³/mol. The van der Waals surface area contributed by atoms with Crippen LogP contribution < -0.4 is 5.32 Å². The highest BCUT2D eigenvalue weighted by Crippen LogP contribution is 2.16. The fourth-order valence-corrected chi connectivity index (χ4v) is 1.58. The number of ether oxygens (including phenoxy) is 1. The summed E-state index contributed by atoms with van der Waals surface area (Å²) in [5.41, 5.74) is 0.807. The van der Waals surface area contributed by atoms with Crippen LogP contribution in [0.1, 0.15) is 19.4 Å². The molecule has 96 valence electrons. The number of halogens is 1. The Balaban J connectivity index is 2.56. The number of benzene rings is 1. The third kappa shape index (κ3) is 4.32. The van der Waals surface area contributed by atoms with Gasteiger partial charge < -0.3 is 15.2 Å². The van der Waals surface area contributed by atoms with E-state index in [1.807, 2.05) is 0 Å². The summed E-state index contributed by atoms with van der Waals surface area (Å²) in [6.45, 7) is 5.39. The Morgan fingerprint density at radius 2 is 2.12 bits per heavy atom. The Morgan fingerprint density at radius 3 is 2.65 bits per heavy atom. The highest BCUT2D eigenvalue weighted by atomic mass is 19.1. The molecule has 0 fully saturated rings. The van der Waals surface area contributed by atoms with E-state index in [1.165, 1.54) is 12.1 Å². The van der Waals surface area contributed by atoms with E-state index >= 15 is 0 Å². The maximum atomic E-state index is 13.1. The molecule has 0 bridgehead atoms. The van der Waals surface area contributed by atoms with Gasteiger partial charge in [-0.3, -0.25) is 0 Å². The van der Waals surface area contributed by atoms with Crippen LogP contribution in [0.4, 0.5) is 4.39 Å². The van der Waals surface area contributed by atoms with E-state index in [1.54, 1.807) is 13.2 Å². The molecular formula is C13H20FNO2. The van der Waals surface area contributed by atoms with Crippen LogP contribution in [-0.4, -0.2) is 24.9 Å².